The van der Waals surface area contributed by atoms with Crippen LogP contribution >= 0.6 is 10.9 Å². The molecule has 0 aromatic rings. The standard InChI is InChI=1S/C12H18O2S/c13-12(10-15-8-4-5-9-15)14-11-6-2-1-3-7-11/h4-5,8-9,11,15H,1-3,6-7,10H2. The molecule has 1 aliphatic heterocycles. The zero-order valence-corrected chi connectivity index (χ0v) is 9.79. The van der Waals surface area contributed by atoms with Gasteiger partial charge in [-0.2, -0.15) is 0 Å². The van der Waals surface area contributed by atoms with E-state index in [0.29, 0.717) is 5.75 Å². The van der Waals surface area contributed by atoms with Gasteiger partial charge in [-0.3, -0.25) is 4.79 Å². The molecule has 1 heterocycles. The Kier molecular flexibility index (Phi) is 3.89. The SMILES string of the molecule is O=C(C[SH]1C=CC=C1)OC1CCCCC1. The predicted molar refractivity (Wildman–Crippen MR) is 65.1 cm³/mol. The van der Waals surface area contributed by atoms with Crippen LogP contribution in [0.3, 0.4) is 0 Å². The lowest BCUT2D eigenvalue weighted by Crippen LogP contribution is -2.22. The zero-order valence-electron chi connectivity index (χ0n) is 8.89. The lowest BCUT2D eigenvalue weighted by Gasteiger charge is -2.22. The summed E-state index contributed by atoms with van der Waals surface area (Å²) in [7, 11) is -0.347. The summed E-state index contributed by atoms with van der Waals surface area (Å²) in [6.45, 7) is 0. The van der Waals surface area contributed by atoms with Crippen molar-refractivity contribution < 1.29 is 9.53 Å². The van der Waals surface area contributed by atoms with Gasteiger partial charge < -0.3 is 4.74 Å². The number of rotatable bonds is 3. The smallest absolute Gasteiger partial charge is 0.314 e. The average molecular weight is 226 g/mol. The maximum atomic E-state index is 11.6. The Hall–Kier alpha value is -0.700. The molecule has 15 heavy (non-hydrogen) atoms. The Balaban J connectivity index is 1.71. The van der Waals surface area contributed by atoms with Gasteiger partial charge in [0, 0.05) is 0 Å². The van der Waals surface area contributed by atoms with Crippen LogP contribution in [0.4, 0.5) is 0 Å². The Morgan fingerprint density at radius 3 is 2.53 bits per heavy atom. The minimum absolute atomic E-state index is 0.00999. The highest BCUT2D eigenvalue weighted by Crippen LogP contribution is 2.32. The van der Waals surface area contributed by atoms with Crippen molar-refractivity contribution in [3.05, 3.63) is 23.0 Å². The van der Waals surface area contributed by atoms with Crippen molar-refractivity contribution in [2.45, 2.75) is 38.2 Å². The number of esters is 1. The van der Waals surface area contributed by atoms with Crippen LogP contribution in [0, 0.1) is 0 Å². The van der Waals surface area contributed by atoms with Crippen molar-refractivity contribution in [3.63, 3.8) is 0 Å². The normalized spacial score (nSPS) is 23.3. The molecule has 0 aromatic heterocycles. The van der Waals surface area contributed by atoms with Gasteiger partial charge in [-0.1, -0.05) is 18.6 Å². The second kappa shape index (κ2) is 5.40. The van der Waals surface area contributed by atoms with Gasteiger partial charge in [0.25, 0.3) is 0 Å². The summed E-state index contributed by atoms with van der Waals surface area (Å²) in [5.74, 6) is 0.558. The number of allylic oxidation sites excluding steroid dienone is 2. The topological polar surface area (TPSA) is 26.3 Å². The molecule has 0 unspecified atom stereocenters. The van der Waals surface area contributed by atoms with Crippen molar-refractivity contribution in [3.8, 4) is 0 Å². The van der Waals surface area contributed by atoms with Crippen LogP contribution < -0.4 is 0 Å². The molecule has 84 valence electrons. The van der Waals surface area contributed by atoms with E-state index in [4.69, 9.17) is 4.74 Å². The van der Waals surface area contributed by atoms with E-state index in [1.54, 1.807) is 0 Å². The Bertz CT molecular complexity index is 265. The first-order chi connectivity index (χ1) is 7.34. The summed E-state index contributed by atoms with van der Waals surface area (Å²) < 4.78 is 5.46. The van der Waals surface area contributed by atoms with Crippen molar-refractivity contribution in [2.75, 3.05) is 5.75 Å². The molecule has 1 fully saturated rings. The number of thiol groups is 1. The Morgan fingerprint density at radius 1 is 1.20 bits per heavy atom. The van der Waals surface area contributed by atoms with Crippen LogP contribution in [0.25, 0.3) is 0 Å². The summed E-state index contributed by atoms with van der Waals surface area (Å²) in [6, 6.07) is 0. The van der Waals surface area contributed by atoms with Crippen LogP contribution in [0.15, 0.2) is 23.0 Å². The van der Waals surface area contributed by atoms with E-state index in [9.17, 15) is 4.79 Å². The molecule has 2 aliphatic rings. The third-order valence-electron chi connectivity index (χ3n) is 2.83. The molecule has 0 spiro atoms. The van der Waals surface area contributed by atoms with Crippen LogP contribution in [-0.2, 0) is 9.53 Å². The quantitative estimate of drug-likeness (QED) is 0.591. The van der Waals surface area contributed by atoms with Gasteiger partial charge in [-0.25, -0.2) is 10.9 Å². The summed E-state index contributed by atoms with van der Waals surface area (Å²) in [6.07, 6.45) is 10.1. The average Bonchev–Trinajstić information content (AvgIpc) is 2.71. The van der Waals surface area contributed by atoms with Crippen LogP contribution in [0.2, 0.25) is 0 Å². The number of carbonyl (C=O) groups is 1. The molecule has 2 rings (SSSR count). The first kappa shape index (κ1) is 10.8. The van der Waals surface area contributed by atoms with E-state index in [1.807, 2.05) is 12.2 Å². The van der Waals surface area contributed by atoms with Gasteiger partial charge in [0.2, 0.25) is 0 Å². The van der Waals surface area contributed by atoms with Crippen molar-refractivity contribution in [2.24, 2.45) is 0 Å². The maximum absolute atomic E-state index is 11.6. The molecular weight excluding hydrogens is 208 g/mol. The highest BCUT2D eigenvalue weighted by molar-refractivity contribution is 8.22. The molecule has 2 nitrogen and oxygen atoms in total. The largest absolute Gasteiger partial charge is 0.462 e. The maximum Gasteiger partial charge on any atom is 0.314 e. The minimum Gasteiger partial charge on any atom is -0.462 e. The van der Waals surface area contributed by atoms with Gasteiger partial charge in [-0.15, -0.1) is 0 Å². The minimum atomic E-state index is -0.347. The molecular formula is C12H18O2S. The van der Waals surface area contributed by atoms with E-state index in [0.717, 1.165) is 12.8 Å². The summed E-state index contributed by atoms with van der Waals surface area (Å²) >= 11 is 0. The van der Waals surface area contributed by atoms with Gasteiger partial charge in [-0.05, 0) is 36.5 Å². The molecule has 1 aliphatic carbocycles. The summed E-state index contributed by atoms with van der Waals surface area (Å²) in [5, 5.41) is 4.22. The predicted octanol–water partition coefficient (Wildman–Crippen LogP) is 2.90. The number of ether oxygens (including phenoxy) is 1. The highest BCUT2D eigenvalue weighted by atomic mass is 32.2. The fourth-order valence-corrected chi connectivity index (χ4v) is 3.35. The van der Waals surface area contributed by atoms with Gasteiger partial charge in [0.15, 0.2) is 0 Å². The van der Waals surface area contributed by atoms with Crippen LogP contribution in [0.1, 0.15) is 32.1 Å². The lowest BCUT2D eigenvalue weighted by molar-refractivity contribution is -0.147. The third kappa shape index (κ3) is 3.42. The van der Waals surface area contributed by atoms with E-state index < -0.39 is 0 Å². The molecule has 0 bridgehead atoms. The Morgan fingerprint density at radius 2 is 1.87 bits per heavy atom. The van der Waals surface area contributed by atoms with E-state index in [-0.39, 0.29) is 23.0 Å². The lowest BCUT2D eigenvalue weighted by atomic mass is 9.98. The van der Waals surface area contributed by atoms with Crippen molar-refractivity contribution >= 4 is 16.9 Å². The second-order valence-electron chi connectivity index (χ2n) is 4.11. The van der Waals surface area contributed by atoms with E-state index in [1.165, 1.54) is 19.3 Å². The van der Waals surface area contributed by atoms with Gasteiger partial charge >= 0.3 is 5.97 Å². The number of hydrogen-bond donors (Lipinski definition) is 1. The molecule has 0 aromatic carbocycles. The molecule has 0 N–H and O–H groups in total. The Labute approximate surface area is 93.7 Å². The molecule has 0 amide bonds. The molecule has 0 saturated heterocycles. The zero-order chi connectivity index (χ0) is 10.5. The first-order valence-electron chi connectivity index (χ1n) is 5.65. The first-order valence-corrected chi connectivity index (χ1v) is 7.31. The molecule has 0 atom stereocenters. The second-order valence-corrected chi connectivity index (χ2v) is 6.05. The van der Waals surface area contributed by atoms with Gasteiger partial charge in [0.05, 0.1) is 5.75 Å². The molecule has 0 radical (unpaired) electrons. The van der Waals surface area contributed by atoms with E-state index >= 15 is 0 Å². The number of carbonyl (C=O) groups excluding carboxylic acids is 1. The molecule has 3 heteroatoms. The van der Waals surface area contributed by atoms with E-state index in [2.05, 4.69) is 10.8 Å². The fourth-order valence-electron chi connectivity index (χ4n) is 2.03. The monoisotopic (exact) mass is 226 g/mol. The van der Waals surface area contributed by atoms with Crippen molar-refractivity contribution in [1.29, 1.82) is 0 Å². The third-order valence-corrected chi connectivity index (χ3v) is 4.56. The summed E-state index contributed by atoms with van der Waals surface area (Å²) in [4.78, 5) is 11.6. The van der Waals surface area contributed by atoms with Crippen LogP contribution in [0.5, 0.6) is 0 Å². The van der Waals surface area contributed by atoms with Gasteiger partial charge in [0.1, 0.15) is 6.10 Å². The van der Waals surface area contributed by atoms with Crippen molar-refractivity contribution in [1.82, 2.24) is 0 Å². The number of hydrogen-bond acceptors (Lipinski definition) is 2. The summed E-state index contributed by atoms with van der Waals surface area (Å²) in [5.41, 5.74) is 0. The fraction of sp³-hybridized carbons (Fsp3) is 0.583. The highest BCUT2D eigenvalue weighted by Gasteiger charge is 2.18. The van der Waals surface area contributed by atoms with Crippen LogP contribution in [-0.4, -0.2) is 17.8 Å². The molecule has 1 saturated carbocycles.